The molecule has 0 radical (unpaired) electrons. The Labute approximate surface area is 285 Å². The topological polar surface area (TPSA) is 201 Å². The maximum atomic E-state index is 13.6. The fourth-order valence-electron chi connectivity index (χ4n) is 4.90. The van der Waals surface area contributed by atoms with Gasteiger partial charge in [-0.15, -0.1) is 0 Å². The van der Waals surface area contributed by atoms with Crippen molar-refractivity contribution in [3.05, 3.63) is 77.9 Å². The van der Waals surface area contributed by atoms with Gasteiger partial charge in [0.15, 0.2) is 0 Å². The van der Waals surface area contributed by atoms with Crippen molar-refractivity contribution in [2.24, 2.45) is 0 Å². The Morgan fingerprint density at radius 1 is 0.939 bits per heavy atom. The van der Waals surface area contributed by atoms with E-state index >= 15 is 0 Å². The summed E-state index contributed by atoms with van der Waals surface area (Å²) in [5.41, 5.74) is 0.533. The van der Waals surface area contributed by atoms with Gasteiger partial charge in [-0.25, -0.2) is 9.59 Å². The lowest BCUT2D eigenvalue weighted by atomic mass is 10.0. The summed E-state index contributed by atoms with van der Waals surface area (Å²) in [6.07, 6.45) is 3.08. The predicted molar refractivity (Wildman–Crippen MR) is 179 cm³/mol. The number of hydrogen-bond donors (Lipinski definition) is 6. The molecule has 0 saturated carbocycles. The van der Waals surface area contributed by atoms with E-state index in [-0.39, 0.29) is 37.9 Å². The second kappa shape index (κ2) is 18.2. The normalized spacial score (nSPS) is 20.5. The van der Waals surface area contributed by atoms with Crippen LogP contribution in [-0.4, -0.2) is 84.2 Å². The van der Waals surface area contributed by atoms with Crippen molar-refractivity contribution in [3.8, 4) is 5.75 Å². The molecule has 4 atom stereocenters. The lowest BCUT2D eigenvalue weighted by Crippen LogP contribution is -2.56. The minimum Gasteiger partial charge on any atom is -0.508 e. The number of nitrogens with one attached hydrogen (secondary N) is 5. The number of esters is 1. The number of amides is 5. The van der Waals surface area contributed by atoms with Crippen LogP contribution in [0.1, 0.15) is 51.2 Å². The fourth-order valence-corrected chi connectivity index (χ4v) is 4.90. The number of hydrogen-bond acceptors (Lipinski definition) is 9. The summed E-state index contributed by atoms with van der Waals surface area (Å²) in [4.78, 5) is 78.5. The molecule has 2 aromatic rings. The number of alkyl carbamates (subject to hydrolysis) is 1. The van der Waals surface area contributed by atoms with Gasteiger partial charge in [-0.05, 0) is 63.3 Å². The average Bonchev–Trinajstić information content (AvgIpc) is 3.05. The maximum absolute atomic E-state index is 13.6. The van der Waals surface area contributed by atoms with Crippen molar-refractivity contribution in [1.29, 1.82) is 0 Å². The number of rotatable bonds is 8. The van der Waals surface area contributed by atoms with Crippen LogP contribution >= 0.6 is 0 Å². The number of aromatic hydroxyl groups is 1. The number of benzene rings is 2. The fraction of sp³-hybridized carbons (Fsp3) is 0.429. The number of carbonyl (C=O) groups excluding carboxylic acids is 6. The Balaban J connectivity index is 1.83. The largest absolute Gasteiger partial charge is 0.508 e. The molecule has 14 nitrogen and oxygen atoms in total. The summed E-state index contributed by atoms with van der Waals surface area (Å²) in [5.74, 6) is -3.28. The maximum Gasteiger partial charge on any atom is 0.408 e. The van der Waals surface area contributed by atoms with E-state index in [1.165, 1.54) is 19.2 Å². The van der Waals surface area contributed by atoms with Crippen molar-refractivity contribution in [2.75, 3.05) is 13.7 Å². The van der Waals surface area contributed by atoms with Gasteiger partial charge in [-0.1, -0.05) is 54.6 Å². The molecule has 6 N–H and O–H groups in total. The number of phenolic OH excluding ortho intramolecular Hbond substituents is 1. The summed E-state index contributed by atoms with van der Waals surface area (Å²) in [6.45, 7) is 4.52. The van der Waals surface area contributed by atoms with Crippen LogP contribution in [0.4, 0.5) is 4.79 Å². The van der Waals surface area contributed by atoms with Gasteiger partial charge in [0, 0.05) is 12.8 Å². The molecule has 0 aromatic heterocycles. The quantitative estimate of drug-likeness (QED) is 0.177. The third-order valence-corrected chi connectivity index (χ3v) is 7.34. The highest BCUT2D eigenvalue weighted by molar-refractivity contribution is 5.95. The molecular weight excluding hydrogens is 634 g/mol. The number of phenols is 1. The lowest BCUT2D eigenvalue weighted by Gasteiger charge is -2.25. The molecule has 49 heavy (non-hydrogen) atoms. The smallest absolute Gasteiger partial charge is 0.408 e. The second-order valence-electron chi connectivity index (χ2n) is 12.5. The number of allylic oxidation sites excluding steroid dienone is 1. The molecule has 3 rings (SSSR count). The van der Waals surface area contributed by atoms with Gasteiger partial charge >= 0.3 is 12.1 Å². The highest BCUT2D eigenvalue weighted by Gasteiger charge is 2.30. The molecule has 0 saturated heterocycles. The molecule has 0 unspecified atom stereocenters. The van der Waals surface area contributed by atoms with E-state index in [0.29, 0.717) is 5.56 Å². The van der Waals surface area contributed by atoms with Crippen LogP contribution in [0.25, 0.3) is 0 Å². The molecule has 0 aliphatic carbocycles. The summed E-state index contributed by atoms with van der Waals surface area (Å²) < 4.78 is 10.2. The van der Waals surface area contributed by atoms with Crippen LogP contribution in [0, 0.1) is 0 Å². The first-order valence-corrected chi connectivity index (χ1v) is 16.0. The highest BCUT2D eigenvalue weighted by Crippen LogP contribution is 2.14. The molecule has 1 heterocycles. The molecule has 2 aromatic carbocycles. The van der Waals surface area contributed by atoms with E-state index in [4.69, 9.17) is 9.47 Å². The highest BCUT2D eigenvalue weighted by atomic mass is 16.6. The van der Waals surface area contributed by atoms with E-state index < -0.39 is 72.0 Å². The van der Waals surface area contributed by atoms with E-state index in [0.717, 1.165) is 5.56 Å². The zero-order valence-electron chi connectivity index (χ0n) is 28.1. The Morgan fingerprint density at radius 2 is 1.63 bits per heavy atom. The van der Waals surface area contributed by atoms with E-state index in [1.807, 2.05) is 6.07 Å². The second-order valence-corrected chi connectivity index (χ2v) is 12.5. The van der Waals surface area contributed by atoms with Gasteiger partial charge in [0.05, 0.1) is 13.7 Å². The standard InChI is InChI=1S/C35H45N5O9/c1-35(2,3)49-34(47)40-28(20-23-15-17-24(41)18-16-23)32(45)38-25-13-9-6-10-14-26(33(46)48-4)39-31(44)27(19-22-11-7-5-8-12-22)37-29(42)21-36-30(25)43/h5-8,10-12,15-18,25-28,41H,9,13-14,19-21H2,1-4H3,(H,36,43)(H,37,42)(H,38,45)(H,39,44)(H,40,47)/b10-6-/t25-,26-,27+,28+/m1/s1. The lowest BCUT2D eigenvalue weighted by molar-refractivity contribution is -0.145. The molecular formula is C35H45N5O9. The van der Waals surface area contributed by atoms with Gasteiger partial charge in [0.25, 0.3) is 0 Å². The summed E-state index contributed by atoms with van der Waals surface area (Å²) in [5, 5.41) is 22.7. The van der Waals surface area contributed by atoms with Crippen molar-refractivity contribution in [2.45, 2.75) is 82.6 Å². The van der Waals surface area contributed by atoms with Crippen molar-refractivity contribution >= 4 is 35.7 Å². The number of ether oxygens (including phenoxy) is 2. The average molecular weight is 680 g/mol. The van der Waals surface area contributed by atoms with Crippen LogP contribution in [0.2, 0.25) is 0 Å². The third-order valence-electron chi connectivity index (χ3n) is 7.34. The van der Waals surface area contributed by atoms with Crippen LogP contribution in [0.15, 0.2) is 66.7 Å². The molecule has 0 spiro atoms. The van der Waals surface area contributed by atoms with E-state index in [1.54, 1.807) is 69.3 Å². The first-order valence-electron chi connectivity index (χ1n) is 16.0. The van der Waals surface area contributed by atoms with Gasteiger partial charge < -0.3 is 41.2 Å². The molecule has 1 aliphatic heterocycles. The third kappa shape index (κ3) is 13.3. The minimum atomic E-state index is -1.17. The van der Waals surface area contributed by atoms with Gasteiger partial charge in [-0.3, -0.25) is 19.2 Å². The molecule has 0 fully saturated rings. The summed E-state index contributed by atoms with van der Waals surface area (Å²) in [7, 11) is 1.20. The Morgan fingerprint density at radius 3 is 2.29 bits per heavy atom. The summed E-state index contributed by atoms with van der Waals surface area (Å²) in [6, 6.07) is 10.6. The van der Waals surface area contributed by atoms with Gasteiger partial charge in [-0.2, -0.15) is 0 Å². The zero-order valence-corrected chi connectivity index (χ0v) is 28.1. The van der Waals surface area contributed by atoms with Gasteiger partial charge in [0.1, 0.15) is 35.5 Å². The molecule has 264 valence electrons. The summed E-state index contributed by atoms with van der Waals surface area (Å²) >= 11 is 0. The SMILES string of the molecule is COC(=O)[C@H]1C/C=C\CC[C@@H](NC(=O)[C@H](Cc2ccc(O)cc2)NC(=O)OC(C)(C)C)C(=O)NCC(=O)N[C@@H](Cc2ccccc2)C(=O)N1. The first-order chi connectivity index (χ1) is 23.2. The van der Waals surface area contributed by atoms with Crippen molar-refractivity contribution < 1.29 is 43.3 Å². The zero-order chi connectivity index (χ0) is 36.0. The van der Waals surface area contributed by atoms with Crippen LogP contribution in [-0.2, 0) is 46.3 Å². The van der Waals surface area contributed by atoms with E-state index in [9.17, 15) is 33.9 Å². The van der Waals surface area contributed by atoms with Crippen molar-refractivity contribution in [3.63, 3.8) is 0 Å². The molecule has 5 amide bonds. The number of carbonyl (C=O) groups is 6. The van der Waals surface area contributed by atoms with Crippen LogP contribution < -0.4 is 26.6 Å². The molecule has 0 bridgehead atoms. The monoisotopic (exact) mass is 679 g/mol. The van der Waals surface area contributed by atoms with Gasteiger partial charge in [0.2, 0.25) is 23.6 Å². The Bertz CT molecular complexity index is 1490. The van der Waals surface area contributed by atoms with Crippen molar-refractivity contribution in [1.82, 2.24) is 26.6 Å². The number of methoxy groups -OCH3 is 1. The Kier molecular flexibility index (Phi) is 14.2. The van der Waals surface area contributed by atoms with Crippen LogP contribution in [0.3, 0.4) is 0 Å². The van der Waals surface area contributed by atoms with E-state index in [2.05, 4.69) is 26.6 Å². The van der Waals surface area contributed by atoms with Crippen LogP contribution in [0.5, 0.6) is 5.75 Å². The Hall–Kier alpha value is -5.40. The molecule has 1 aliphatic rings. The molecule has 14 heteroatoms. The predicted octanol–water partition coefficient (Wildman–Crippen LogP) is 1.55. The first kappa shape index (κ1) is 38.1. The minimum absolute atomic E-state index is 0.0146.